The van der Waals surface area contributed by atoms with Gasteiger partial charge >= 0.3 is 0 Å². The van der Waals surface area contributed by atoms with Crippen molar-refractivity contribution in [2.45, 2.75) is 25.5 Å². The van der Waals surface area contributed by atoms with Gasteiger partial charge in [-0.05, 0) is 19.1 Å². The molecule has 4 heterocycles. The van der Waals surface area contributed by atoms with E-state index in [1.807, 2.05) is 11.8 Å². The van der Waals surface area contributed by atoms with E-state index in [1.165, 1.54) is 29.2 Å². The molecule has 1 aliphatic rings. The van der Waals surface area contributed by atoms with Crippen molar-refractivity contribution in [3.05, 3.63) is 36.4 Å². The van der Waals surface area contributed by atoms with Crippen LogP contribution in [0.1, 0.15) is 19.0 Å². The third-order valence-electron chi connectivity index (χ3n) is 4.89. The second-order valence-electron chi connectivity index (χ2n) is 7.31. The Kier molecular flexibility index (Phi) is 5.81. The van der Waals surface area contributed by atoms with E-state index in [1.54, 1.807) is 6.07 Å². The summed E-state index contributed by atoms with van der Waals surface area (Å²) in [6.07, 6.45) is 0.942. The molecule has 0 radical (unpaired) electrons. The maximum Gasteiger partial charge on any atom is 0.282 e. The van der Waals surface area contributed by atoms with E-state index in [0.29, 0.717) is 36.0 Å². The van der Waals surface area contributed by atoms with Gasteiger partial charge in [0.15, 0.2) is 5.65 Å². The van der Waals surface area contributed by atoms with Crippen LogP contribution in [0.2, 0.25) is 0 Å². The fourth-order valence-electron chi connectivity index (χ4n) is 3.33. The molecule has 1 saturated heterocycles. The summed E-state index contributed by atoms with van der Waals surface area (Å²) in [6.45, 7) is 2.92. The molecule has 13 heteroatoms. The minimum atomic E-state index is -3.33. The highest BCUT2D eigenvalue weighted by atomic mass is 32.2. The molecule has 0 spiro atoms. The first-order chi connectivity index (χ1) is 14.7. The number of imidazole rings is 1. The van der Waals surface area contributed by atoms with Gasteiger partial charge in [0.25, 0.3) is 6.43 Å². The van der Waals surface area contributed by atoms with Gasteiger partial charge in [0, 0.05) is 19.2 Å². The average Bonchev–Trinajstić information content (AvgIpc) is 3.16. The van der Waals surface area contributed by atoms with Gasteiger partial charge in [-0.1, -0.05) is 0 Å². The maximum absolute atomic E-state index is 13.1. The Morgan fingerprint density at radius 1 is 1.29 bits per heavy atom. The molecule has 3 aromatic rings. The summed E-state index contributed by atoms with van der Waals surface area (Å²) in [7, 11) is -3.33. The zero-order valence-electron chi connectivity index (χ0n) is 16.8. The molecule has 0 aromatic carbocycles. The lowest BCUT2D eigenvalue weighted by Gasteiger charge is -2.38. The summed E-state index contributed by atoms with van der Waals surface area (Å²) in [6, 6.07) is 4.43. The summed E-state index contributed by atoms with van der Waals surface area (Å²) in [5.74, 6) is 0.602. The van der Waals surface area contributed by atoms with Gasteiger partial charge in [0.2, 0.25) is 10.0 Å². The Morgan fingerprint density at radius 2 is 2.10 bits per heavy atom. The minimum Gasteiger partial charge on any atom is -0.373 e. The lowest BCUT2D eigenvalue weighted by molar-refractivity contribution is 0.0259. The summed E-state index contributed by atoms with van der Waals surface area (Å²) in [5, 5.41) is 3.97. The Bertz CT molecular complexity index is 1190. The first-order valence-corrected chi connectivity index (χ1v) is 11.4. The van der Waals surface area contributed by atoms with Crippen LogP contribution >= 0.6 is 0 Å². The summed E-state index contributed by atoms with van der Waals surface area (Å²) in [4.78, 5) is 14.8. The maximum atomic E-state index is 13.1. The van der Waals surface area contributed by atoms with Crippen LogP contribution in [0, 0.1) is 0 Å². The summed E-state index contributed by atoms with van der Waals surface area (Å²) in [5.41, 5.74) is 0.994. The number of anilines is 1. The smallest absolute Gasteiger partial charge is 0.282 e. The molecule has 31 heavy (non-hydrogen) atoms. The monoisotopic (exact) mass is 453 g/mol. The van der Waals surface area contributed by atoms with Crippen LogP contribution in [-0.4, -0.2) is 71.1 Å². The SMILES string of the molecule is C[C@H]1CO[C@@H](CNS(C)(=O)=O)CN1c1cc(-c2cnc3ccc(C(F)F)nn23)ncn1. The average molecular weight is 453 g/mol. The third-order valence-corrected chi connectivity index (χ3v) is 5.59. The van der Waals surface area contributed by atoms with Crippen LogP contribution in [0.5, 0.6) is 0 Å². The quantitative estimate of drug-likeness (QED) is 0.594. The van der Waals surface area contributed by atoms with Gasteiger partial charge in [0.05, 0.1) is 36.9 Å². The number of rotatable bonds is 6. The van der Waals surface area contributed by atoms with Gasteiger partial charge in [-0.3, -0.25) is 0 Å². The highest BCUT2D eigenvalue weighted by molar-refractivity contribution is 7.88. The topological polar surface area (TPSA) is 115 Å². The van der Waals surface area contributed by atoms with Crippen molar-refractivity contribution in [1.82, 2.24) is 29.3 Å². The summed E-state index contributed by atoms with van der Waals surface area (Å²) < 4.78 is 58.4. The van der Waals surface area contributed by atoms with Crippen LogP contribution < -0.4 is 9.62 Å². The molecule has 0 unspecified atom stereocenters. The number of hydrogen-bond acceptors (Lipinski definition) is 8. The van der Waals surface area contributed by atoms with E-state index in [2.05, 4.69) is 24.8 Å². The van der Waals surface area contributed by atoms with Gasteiger partial charge < -0.3 is 9.64 Å². The van der Waals surface area contributed by atoms with Gasteiger partial charge in [0.1, 0.15) is 23.5 Å². The van der Waals surface area contributed by atoms with E-state index in [4.69, 9.17) is 4.74 Å². The van der Waals surface area contributed by atoms with Crippen LogP contribution in [0.4, 0.5) is 14.6 Å². The van der Waals surface area contributed by atoms with E-state index < -0.39 is 16.4 Å². The lowest BCUT2D eigenvalue weighted by atomic mass is 10.2. The van der Waals surface area contributed by atoms with E-state index in [9.17, 15) is 17.2 Å². The van der Waals surface area contributed by atoms with Crippen LogP contribution in [0.25, 0.3) is 17.0 Å². The summed E-state index contributed by atoms with van der Waals surface area (Å²) >= 11 is 0. The Labute approximate surface area is 177 Å². The van der Waals surface area contributed by atoms with Crippen molar-refractivity contribution in [2.75, 3.05) is 30.9 Å². The minimum absolute atomic E-state index is 0.0111. The second kappa shape index (κ2) is 8.40. The lowest BCUT2D eigenvalue weighted by Crippen LogP contribution is -2.52. The molecule has 1 N–H and O–H groups in total. The molecule has 10 nitrogen and oxygen atoms in total. The number of hydrogen-bond donors (Lipinski definition) is 1. The van der Waals surface area contributed by atoms with Crippen molar-refractivity contribution in [2.24, 2.45) is 0 Å². The number of sulfonamides is 1. The number of alkyl halides is 2. The zero-order chi connectivity index (χ0) is 22.2. The molecule has 4 rings (SSSR count). The number of fused-ring (bicyclic) bond motifs is 1. The fourth-order valence-corrected chi connectivity index (χ4v) is 3.82. The van der Waals surface area contributed by atoms with Crippen LogP contribution in [0.15, 0.2) is 30.7 Å². The number of morpholine rings is 1. The fraction of sp³-hybridized carbons (Fsp3) is 0.444. The molecule has 0 aliphatic carbocycles. The van der Waals surface area contributed by atoms with E-state index in [-0.39, 0.29) is 24.4 Å². The molecule has 0 bridgehead atoms. The molecule has 3 aromatic heterocycles. The molecule has 0 saturated carbocycles. The second-order valence-corrected chi connectivity index (χ2v) is 9.14. The number of nitrogens with zero attached hydrogens (tertiary/aromatic N) is 6. The molecule has 0 amide bonds. The Balaban J connectivity index is 1.62. The standard InChI is InChI=1S/C18H21F2N7O3S/c1-11-9-30-12(6-24-31(2,28)29)8-26(11)17-5-14(22-10-23-17)15-7-21-16-4-3-13(18(19)20)25-27(15)16/h3-5,7,10-12,18,24H,6,8-9H2,1-2H3/t11-,12-/m0/s1. The predicted molar refractivity (Wildman–Crippen MR) is 108 cm³/mol. The highest BCUT2D eigenvalue weighted by Crippen LogP contribution is 2.25. The van der Waals surface area contributed by atoms with Crippen LogP contribution in [-0.2, 0) is 14.8 Å². The third kappa shape index (κ3) is 4.78. The van der Waals surface area contributed by atoms with Crippen molar-refractivity contribution in [1.29, 1.82) is 0 Å². The van der Waals surface area contributed by atoms with E-state index >= 15 is 0 Å². The first-order valence-electron chi connectivity index (χ1n) is 9.49. The van der Waals surface area contributed by atoms with Crippen molar-refractivity contribution < 1.29 is 21.9 Å². The molecular weight excluding hydrogens is 432 g/mol. The highest BCUT2D eigenvalue weighted by Gasteiger charge is 2.28. The normalized spacial score (nSPS) is 20.0. The number of ether oxygens (including phenoxy) is 1. The van der Waals surface area contributed by atoms with E-state index in [0.717, 1.165) is 6.26 Å². The molecule has 2 atom stereocenters. The molecule has 1 aliphatic heterocycles. The molecule has 166 valence electrons. The largest absolute Gasteiger partial charge is 0.373 e. The number of nitrogens with one attached hydrogen (secondary N) is 1. The molecular formula is C18H21F2N7O3S. The van der Waals surface area contributed by atoms with Crippen molar-refractivity contribution in [3.8, 4) is 11.4 Å². The van der Waals surface area contributed by atoms with Gasteiger partial charge in [-0.25, -0.2) is 41.4 Å². The zero-order valence-corrected chi connectivity index (χ0v) is 17.6. The number of aromatic nitrogens is 5. The van der Waals surface area contributed by atoms with Crippen molar-refractivity contribution >= 4 is 21.5 Å². The van der Waals surface area contributed by atoms with Gasteiger partial charge in [-0.15, -0.1) is 0 Å². The number of halogens is 2. The first kappa shape index (κ1) is 21.5. The predicted octanol–water partition coefficient (Wildman–Crippen LogP) is 1.27. The van der Waals surface area contributed by atoms with Crippen LogP contribution in [0.3, 0.4) is 0 Å². The van der Waals surface area contributed by atoms with Gasteiger partial charge in [-0.2, -0.15) is 5.10 Å². The Hall–Kier alpha value is -2.77. The Morgan fingerprint density at radius 3 is 2.84 bits per heavy atom. The molecule has 1 fully saturated rings. The van der Waals surface area contributed by atoms with Crippen molar-refractivity contribution in [3.63, 3.8) is 0 Å².